The molecule has 74 valence electrons. The highest BCUT2D eigenvalue weighted by Gasteiger charge is 2.29. The van der Waals surface area contributed by atoms with Gasteiger partial charge in [-0.15, -0.1) is 0 Å². The third kappa shape index (κ3) is 1.97. The maximum absolute atomic E-state index is 5.91. The smallest absolute Gasteiger partial charge is 0.00822 e. The van der Waals surface area contributed by atoms with Gasteiger partial charge in [-0.1, -0.05) is 57.7 Å². The minimum absolute atomic E-state index is 0.647. The zero-order valence-electron chi connectivity index (χ0n) is 8.95. The predicted molar refractivity (Wildman–Crippen MR) is 66.4 cm³/mol. The van der Waals surface area contributed by atoms with Crippen molar-refractivity contribution in [1.29, 1.82) is 0 Å². The molecule has 1 aliphatic rings. The third-order valence-electron chi connectivity index (χ3n) is 2.73. The molecule has 0 fully saturated rings. The monoisotopic (exact) mass is 214 g/mol. The second-order valence-electron chi connectivity index (χ2n) is 4.19. The first-order valence-corrected chi connectivity index (χ1v) is 7.89. The van der Waals surface area contributed by atoms with Crippen LogP contribution in [-0.4, -0.2) is 11.3 Å². The Hall–Kier alpha value is 0.130. The zero-order valence-corrected chi connectivity index (χ0v) is 10.7. The van der Waals surface area contributed by atoms with Crippen molar-refractivity contribution in [2.75, 3.05) is 0 Å². The molecule has 1 aliphatic carbocycles. The van der Waals surface area contributed by atoms with Crippen LogP contribution in [0.1, 0.15) is 34.1 Å². The maximum Gasteiger partial charge on any atom is -0.00822 e. The van der Waals surface area contributed by atoms with Gasteiger partial charge in [0, 0.05) is 0 Å². The van der Waals surface area contributed by atoms with Crippen LogP contribution >= 0.6 is 6.04 Å². The maximum atomic E-state index is 5.91. The van der Waals surface area contributed by atoms with Crippen molar-refractivity contribution in [3.8, 4) is 0 Å². The van der Waals surface area contributed by atoms with Crippen molar-refractivity contribution in [3.05, 3.63) is 23.5 Å². The second-order valence-corrected chi connectivity index (χ2v) is 10.1. The molecule has 0 N–H and O–H groups in total. The van der Waals surface area contributed by atoms with E-state index in [-0.39, 0.29) is 0 Å². The first kappa shape index (κ1) is 11.2. The molecule has 0 aromatic rings. The Labute approximate surface area is 87.1 Å². The summed E-state index contributed by atoms with van der Waals surface area (Å²) in [5, 5.41) is 1.53. The first-order chi connectivity index (χ1) is 5.99. The molecule has 13 heavy (non-hydrogen) atoms. The van der Waals surface area contributed by atoms with Gasteiger partial charge in [-0.3, -0.25) is 0 Å². The number of hydrogen-bond donors (Lipinski definition) is 0. The lowest BCUT2D eigenvalue weighted by molar-refractivity contribution is 1.01. The van der Waals surface area contributed by atoms with E-state index in [4.69, 9.17) is 11.8 Å². The van der Waals surface area contributed by atoms with Crippen molar-refractivity contribution in [1.82, 2.24) is 0 Å². The van der Waals surface area contributed by atoms with E-state index in [1.807, 2.05) is 0 Å². The SMILES string of the molecule is CC(C)P(=S)(C1=CC=CC1)C(C)C. The number of allylic oxidation sites excluding steroid dienone is 4. The summed E-state index contributed by atoms with van der Waals surface area (Å²) in [5.41, 5.74) is 1.29. The molecule has 0 bridgehead atoms. The van der Waals surface area contributed by atoms with Gasteiger partial charge in [0.1, 0.15) is 0 Å². The lowest BCUT2D eigenvalue weighted by Gasteiger charge is -2.31. The fourth-order valence-corrected chi connectivity index (χ4v) is 5.59. The number of hydrogen-bond acceptors (Lipinski definition) is 1. The Kier molecular flexibility index (Phi) is 3.54. The standard InChI is InChI=1S/C11H19PS/c1-9(2)12(13,10(3)4)11-7-5-6-8-11/h5-7,9-10H,8H2,1-4H3. The van der Waals surface area contributed by atoms with Gasteiger partial charge in [-0.25, -0.2) is 0 Å². The van der Waals surface area contributed by atoms with Crippen molar-refractivity contribution >= 4 is 17.8 Å². The van der Waals surface area contributed by atoms with E-state index in [9.17, 15) is 0 Å². The van der Waals surface area contributed by atoms with Crippen molar-refractivity contribution in [2.45, 2.75) is 45.4 Å². The molecule has 1 rings (SSSR count). The molecule has 0 atom stereocenters. The van der Waals surface area contributed by atoms with Gasteiger partial charge in [0.25, 0.3) is 0 Å². The molecule has 0 saturated heterocycles. The van der Waals surface area contributed by atoms with Gasteiger partial charge in [0.05, 0.1) is 0 Å². The summed E-state index contributed by atoms with van der Waals surface area (Å²) in [5.74, 6) is 0. The van der Waals surface area contributed by atoms with E-state index in [2.05, 4.69) is 45.9 Å². The van der Waals surface area contributed by atoms with E-state index in [1.54, 1.807) is 0 Å². The largest absolute Gasteiger partial charge is 0.0923 e. The van der Waals surface area contributed by atoms with Crippen LogP contribution in [0.15, 0.2) is 23.5 Å². The molecule has 0 aliphatic heterocycles. The van der Waals surface area contributed by atoms with E-state index < -0.39 is 6.04 Å². The Morgan fingerprint density at radius 2 is 1.77 bits per heavy atom. The summed E-state index contributed by atoms with van der Waals surface area (Å²) in [7, 11) is 0. The molecule has 0 saturated carbocycles. The van der Waals surface area contributed by atoms with E-state index in [1.165, 1.54) is 5.31 Å². The zero-order chi connectivity index (χ0) is 10.1. The Bertz CT molecular complexity index is 272. The van der Waals surface area contributed by atoms with Crippen LogP contribution in [0.25, 0.3) is 0 Å². The molecule has 0 aromatic heterocycles. The molecule has 0 radical (unpaired) electrons. The van der Waals surface area contributed by atoms with E-state index >= 15 is 0 Å². The molecule has 0 nitrogen and oxygen atoms in total. The highest BCUT2D eigenvalue weighted by atomic mass is 32.4. The quantitative estimate of drug-likeness (QED) is 0.637. The topological polar surface area (TPSA) is 0 Å². The first-order valence-electron chi connectivity index (χ1n) is 4.95. The Balaban J connectivity index is 2.99. The molecule has 0 heterocycles. The second kappa shape index (κ2) is 4.11. The van der Waals surface area contributed by atoms with Crippen LogP contribution < -0.4 is 0 Å². The predicted octanol–water partition coefficient (Wildman–Crippen LogP) is 4.13. The minimum atomic E-state index is -1.28. The fraction of sp³-hybridized carbons (Fsp3) is 0.636. The van der Waals surface area contributed by atoms with E-state index in [0.29, 0.717) is 11.3 Å². The van der Waals surface area contributed by atoms with Crippen LogP contribution in [0.4, 0.5) is 0 Å². The van der Waals surface area contributed by atoms with Crippen molar-refractivity contribution in [3.63, 3.8) is 0 Å². The molecule has 2 heteroatoms. The molecular formula is C11H19PS. The van der Waals surface area contributed by atoms with Gasteiger partial charge in [0.15, 0.2) is 0 Å². The van der Waals surface area contributed by atoms with Crippen LogP contribution in [0.2, 0.25) is 0 Å². The molecule has 0 amide bonds. The van der Waals surface area contributed by atoms with Crippen LogP contribution in [-0.2, 0) is 11.8 Å². The summed E-state index contributed by atoms with van der Waals surface area (Å²) in [6, 6.07) is -1.28. The van der Waals surface area contributed by atoms with Gasteiger partial charge in [-0.05, 0) is 29.1 Å². The fourth-order valence-electron chi connectivity index (χ4n) is 1.95. The van der Waals surface area contributed by atoms with Gasteiger partial charge in [0.2, 0.25) is 0 Å². The van der Waals surface area contributed by atoms with Crippen LogP contribution in [0.3, 0.4) is 0 Å². The molecule has 0 aromatic carbocycles. The van der Waals surface area contributed by atoms with Gasteiger partial charge in [-0.2, -0.15) is 0 Å². The van der Waals surface area contributed by atoms with E-state index in [0.717, 1.165) is 6.42 Å². The summed E-state index contributed by atoms with van der Waals surface area (Å²) >= 11 is 5.91. The minimum Gasteiger partial charge on any atom is -0.0923 e. The van der Waals surface area contributed by atoms with Gasteiger partial charge < -0.3 is 0 Å². The molecular weight excluding hydrogens is 195 g/mol. The highest BCUT2D eigenvalue weighted by molar-refractivity contribution is 8.17. The molecule has 0 unspecified atom stereocenters. The third-order valence-corrected chi connectivity index (χ3v) is 10.3. The van der Waals surface area contributed by atoms with Crippen LogP contribution in [0.5, 0.6) is 0 Å². The van der Waals surface area contributed by atoms with Gasteiger partial charge >= 0.3 is 0 Å². The van der Waals surface area contributed by atoms with Crippen molar-refractivity contribution in [2.24, 2.45) is 0 Å². The summed E-state index contributed by atoms with van der Waals surface area (Å²) in [4.78, 5) is 0. The lowest BCUT2D eigenvalue weighted by Crippen LogP contribution is -2.09. The van der Waals surface area contributed by atoms with Crippen molar-refractivity contribution < 1.29 is 0 Å². The normalized spacial score (nSPS) is 17.2. The highest BCUT2D eigenvalue weighted by Crippen LogP contribution is 2.63. The average Bonchev–Trinajstić information content (AvgIpc) is 2.54. The average molecular weight is 214 g/mol. The Morgan fingerprint density at radius 1 is 1.23 bits per heavy atom. The lowest BCUT2D eigenvalue weighted by atomic mass is 10.5. The Morgan fingerprint density at radius 3 is 2.08 bits per heavy atom. The number of rotatable bonds is 3. The van der Waals surface area contributed by atoms with Crippen LogP contribution in [0, 0.1) is 0 Å². The summed E-state index contributed by atoms with van der Waals surface area (Å²) in [6.45, 7) is 9.11. The summed E-state index contributed by atoms with van der Waals surface area (Å²) in [6.07, 6.45) is 7.73. The summed E-state index contributed by atoms with van der Waals surface area (Å²) < 4.78 is 0. The molecule has 0 spiro atoms.